The number of Topliss-reactive ketones (excluding diaryl/α,β-unsaturated/α-hetero) is 1. The molecule has 0 N–H and O–H groups in total. The SMILES string of the molecule is CC(C)(C)C(=O)C1CS[C@H]2[C@@H](Cl)C(=O)N12. The highest BCUT2D eigenvalue weighted by Gasteiger charge is 2.56. The molecule has 5 heteroatoms. The highest BCUT2D eigenvalue weighted by Crippen LogP contribution is 2.43. The number of thioether (sulfide) groups is 1. The van der Waals surface area contributed by atoms with E-state index in [1.54, 1.807) is 16.7 Å². The Hall–Kier alpha value is -0.220. The van der Waals surface area contributed by atoms with E-state index in [2.05, 4.69) is 0 Å². The minimum absolute atomic E-state index is 0.0236. The van der Waals surface area contributed by atoms with E-state index in [0.717, 1.165) is 0 Å². The van der Waals surface area contributed by atoms with Crippen molar-refractivity contribution in [3.05, 3.63) is 0 Å². The van der Waals surface area contributed by atoms with Crippen molar-refractivity contribution in [2.24, 2.45) is 5.41 Å². The lowest BCUT2D eigenvalue weighted by atomic mass is 9.85. The molecule has 0 radical (unpaired) electrons. The highest BCUT2D eigenvalue weighted by molar-refractivity contribution is 8.00. The molecule has 1 amide bonds. The summed E-state index contributed by atoms with van der Waals surface area (Å²) in [5.74, 6) is 0.735. The maximum atomic E-state index is 12.1. The third kappa shape index (κ3) is 1.58. The molecule has 1 unspecified atom stereocenters. The van der Waals surface area contributed by atoms with Gasteiger partial charge in [0.2, 0.25) is 5.91 Å². The second-order valence-electron chi connectivity index (χ2n) is 5.00. The number of amides is 1. The van der Waals surface area contributed by atoms with Crippen LogP contribution in [0.5, 0.6) is 0 Å². The van der Waals surface area contributed by atoms with Gasteiger partial charge in [-0.2, -0.15) is 0 Å². The molecular formula is C10H14ClNO2S. The van der Waals surface area contributed by atoms with Gasteiger partial charge in [0.25, 0.3) is 0 Å². The van der Waals surface area contributed by atoms with Gasteiger partial charge >= 0.3 is 0 Å². The van der Waals surface area contributed by atoms with E-state index in [4.69, 9.17) is 11.6 Å². The van der Waals surface area contributed by atoms with Gasteiger partial charge in [-0.15, -0.1) is 23.4 Å². The van der Waals surface area contributed by atoms with Gasteiger partial charge in [-0.1, -0.05) is 20.8 Å². The Balaban J connectivity index is 2.14. The van der Waals surface area contributed by atoms with Crippen LogP contribution < -0.4 is 0 Å². The molecule has 0 spiro atoms. The lowest BCUT2D eigenvalue weighted by Crippen LogP contribution is -2.63. The zero-order valence-corrected chi connectivity index (χ0v) is 10.6. The molecule has 2 saturated heterocycles. The van der Waals surface area contributed by atoms with Crippen LogP contribution >= 0.6 is 23.4 Å². The van der Waals surface area contributed by atoms with Crippen LogP contribution in [0, 0.1) is 5.41 Å². The van der Waals surface area contributed by atoms with Crippen LogP contribution in [0.3, 0.4) is 0 Å². The first-order chi connectivity index (χ1) is 6.84. The number of rotatable bonds is 1. The average molecular weight is 248 g/mol. The molecule has 0 aromatic heterocycles. The Bertz CT molecular complexity index is 326. The molecule has 0 aromatic carbocycles. The zero-order chi connectivity index (χ0) is 11.4. The number of carbonyl (C=O) groups is 2. The molecule has 2 aliphatic heterocycles. The predicted molar refractivity (Wildman–Crippen MR) is 61.0 cm³/mol. The lowest BCUT2D eigenvalue weighted by Gasteiger charge is -2.42. The maximum absolute atomic E-state index is 12.1. The fraction of sp³-hybridized carbons (Fsp3) is 0.800. The molecule has 0 aliphatic carbocycles. The number of alkyl halides is 1. The number of halogens is 1. The second kappa shape index (κ2) is 3.39. The van der Waals surface area contributed by atoms with Gasteiger partial charge in [0, 0.05) is 11.2 Å². The van der Waals surface area contributed by atoms with E-state index in [1.807, 2.05) is 20.8 Å². The summed E-state index contributed by atoms with van der Waals surface area (Å²) in [7, 11) is 0. The highest BCUT2D eigenvalue weighted by atomic mass is 35.5. The van der Waals surface area contributed by atoms with Crippen LogP contribution in [0.2, 0.25) is 0 Å². The minimum atomic E-state index is -0.423. The van der Waals surface area contributed by atoms with Crippen LogP contribution in [0.25, 0.3) is 0 Å². The number of hydrogen-bond donors (Lipinski definition) is 0. The van der Waals surface area contributed by atoms with Crippen molar-refractivity contribution < 1.29 is 9.59 Å². The summed E-state index contributed by atoms with van der Waals surface area (Å²) in [6.45, 7) is 5.65. The molecule has 3 atom stereocenters. The number of fused-ring (bicyclic) bond motifs is 1. The molecule has 2 fully saturated rings. The van der Waals surface area contributed by atoms with E-state index in [9.17, 15) is 9.59 Å². The molecule has 15 heavy (non-hydrogen) atoms. The monoisotopic (exact) mass is 247 g/mol. The van der Waals surface area contributed by atoms with Crippen molar-refractivity contribution in [1.82, 2.24) is 4.90 Å². The zero-order valence-electron chi connectivity index (χ0n) is 8.99. The molecule has 0 bridgehead atoms. The number of ketones is 1. The third-order valence-electron chi connectivity index (χ3n) is 2.82. The first kappa shape index (κ1) is 11.3. The van der Waals surface area contributed by atoms with Crippen molar-refractivity contribution in [1.29, 1.82) is 0 Å². The van der Waals surface area contributed by atoms with Crippen molar-refractivity contribution in [3.63, 3.8) is 0 Å². The van der Waals surface area contributed by atoms with Crippen LogP contribution in [0.15, 0.2) is 0 Å². The molecule has 0 saturated carbocycles. The third-order valence-corrected chi connectivity index (χ3v) is 4.74. The molecular weight excluding hydrogens is 234 g/mol. The Morgan fingerprint density at radius 2 is 2.13 bits per heavy atom. The predicted octanol–water partition coefficient (Wildman–Crippen LogP) is 1.49. The summed E-state index contributed by atoms with van der Waals surface area (Å²) >= 11 is 7.47. The first-order valence-corrected chi connectivity index (χ1v) is 6.44. The number of β-lactam (4-membered cyclic amide) rings is 1. The summed E-state index contributed by atoms with van der Waals surface area (Å²) in [6, 6.07) is -0.262. The minimum Gasteiger partial charge on any atom is -0.316 e. The van der Waals surface area contributed by atoms with Crippen LogP contribution in [-0.4, -0.2) is 39.1 Å². The van der Waals surface area contributed by atoms with E-state index in [-0.39, 0.29) is 23.1 Å². The number of nitrogens with zero attached hydrogens (tertiary/aromatic N) is 1. The van der Waals surface area contributed by atoms with Gasteiger partial charge < -0.3 is 4.90 Å². The molecule has 2 heterocycles. The van der Waals surface area contributed by atoms with Crippen molar-refractivity contribution in [3.8, 4) is 0 Å². The summed E-state index contributed by atoms with van der Waals surface area (Å²) in [5.41, 5.74) is -0.391. The molecule has 84 valence electrons. The summed E-state index contributed by atoms with van der Waals surface area (Å²) in [6.07, 6.45) is 0. The van der Waals surface area contributed by atoms with Gasteiger partial charge in [-0.25, -0.2) is 0 Å². The quantitative estimate of drug-likeness (QED) is 0.521. The van der Waals surface area contributed by atoms with E-state index < -0.39 is 10.8 Å². The maximum Gasteiger partial charge on any atom is 0.245 e. The first-order valence-electron chi connectivity index (χ1n) is 4.96. The molecule has 0 aromatic rings. The van der Waals surface area contributed by atoms with E-state index >= 15 is 0 Å². The molecule has 3 nitrogen and oxygen atoms in total. The normalized spacial score (nSPS) is 35.1. The van der Waals surface area contributed by atoms with E-state index in [1.165, 1.54) is 0 Å². The summed E-state index contributed by atoms with van der Waals surface area (Å²) < 4.78 is 0. The van der Waals surface area contributed by atoms with Gasteiger partial charge in [-0.05, 0) is 0 Å². The van der Waals surface area contributed by atoms with Crippen LogP contribution in [0.1, 0.15) is 20.8 Å². The summed E-state index contributed by atoms with van der Waals surface area (Å²) in [4.78, 5) is 25.2. The van der Waals surface area contributed by atoms with Gasteiger partial charge in [0.1, 0.15) is 16.8 Å². The van der Waals surface area contributed by atoms with Crippen molar-refractivity contribution in [2.75, 3.05) is 5.75 Å². The Morgan fingerprint density at radius 1 is 1.53 bits per heavy atom. The summed E-state index contributed by atoms with van der Waals surface area (Å²) in [5, 5.41) is -0.400. The van der Waals surface area contributed by atoms with Gasteiger partial charge in [0.05, 0.1) is 0 Å². The Kier molecular flexibility index (Phi) is 2.54. The molecule has 2 rings (SSSR count). The topological polar surface area (TPSA) is 37.4 Å². The lowest BCUT2D eigenvalue weighted by molar-refractivity contribution is -0.149. The largest absolute Gasteiger partial charge is 0.316 e. The van der Waals surface area contributed by atoms with Crippen LogP contribution in [-0.2, 0) is 9.59 Å². The smallest absolute Gasteiger partial charge is 0.245 e. The molecule has 2 aliphatic rings. The fourth-order valence-electron chi connectivity index (χ4n) is 1.92. The van der Waals surface area contributed by atoms with Crippen molar-refractivity contribution in [2.45, 2.75) is 37.6 Å². The van der Waals surface area contributed by atoms with E-state index in [0.29, 0.717) is 5.75 Å². The Morgan fingerprint density at radius 3 is 2.67 bits per heavy atom. The standard InChI is InChI=1S/C10H14ClNO2S/c1-10(2,3)7(13)5-4-15-9-6(11)8(14)12(5)9/h5-6,9H,4H2,1-3H3/t5?,6-,9-/m0/s1. The van der Waals surface area contributed by atoms with Crippen LogP contribution in [0.4, 0.5) is 0 Å². The second-order valence-corrected chi connectivity index (χ2v) is 6.62. The van der Waals surface area contributed by atoms with Gasteiger partial charge in [0.15, 0.2) is 5.78 Å². The Labute approximate surface area is 98.5 Å². The van der Waals surface area contributed by atoms with Gasteiger partial charge in [-0.3, -0.25) is 9.59 Å². The average Bonchev–Trinajstić information content (AvgIpc) is 2.54. The number of hydrogen-bond acceptors (Lipinski definition) is 3. The number of carbonyl (C=O) groups excluding carboxylic acids is 2. The van der Waals surface area contributed by atoms with Crippen molar-refractivity contribution >= 4 is 35.1 Å². The fourth-order valence-corrected chi connectivity index (χ4v) is 3.76.